The van der Waals surface area contributed by atoms with E-state index in [4.69, 9.17) is 10.5 Å². The molecule has 1 saturated heterocycles. The Morgan fingerprint density at radius 2 is 2.04 bits per heavy atom. The third-order valence-corrected chi connectivity index (χ3v) is 6.83. The summed E-state index contributed by atoms with van der Waals surface area (Å²) in [5, 5.41) is 0. The fourth-order valence-corrected chi connectivity index (χ4v) is 5.24. The molecule has 1 atom stereocenters. The smallest absolute Gasteiger partial charge is 0.253 e. The molecule has 3 N–H and O–H groups in total. The molecular weight excluding hydrogens is 354 g/mol. The van der Waals surface area contributed by atoms with Crippen LogP contribution in [0.4, 0.5) is 0 Å². The average molecular weight is 381 g/mol. The molecule has 1 saturated carbocycles. The Morgan fingerprint density at radius 1 is 1.31 bits per heavy atom. The van der Waals surface area contributed by atoms with Gasteiger partial charge in [0.2, 0.25) is 10.0 Å². The summed E-state index contributed by atoms with van der Waals surface area (Å²) in [5.74, 6) is 0.388. The molecule has 1 amide bonds. The zero-order valence-electron chi connectivity index (χ0n) is 15.1. The molecule has 26 heavy (non-hydrogen) atoms. The fraction of sp³-hybridized carbons (Fsp3) is 0.611. The largest absolute Gasteiger partial charge is 0.495 e. The summed E-state index contributed by atoms with van der Waals surface area (Å²) in [6.45, 7) is 1.82. The number of nitrogens with zero attached hydrogens (tertiary/aromatic N) is 1. The average Bonchev–Trinajstić information content (AvgIpc) is 3.31. The third-order valence-electron chi connectivity index (χ3n) is 5.28. The van der Waals surface area contributed by atoms with Crippen LogP contribution in [0.2, 0.25) is 0 Å². The third kappa shape index (κ3) is 4.02. The van der Waals surface area contributed by atoms with Gasteiger partial charge in [0, 0.05) is 24.7 Å². The van der Waals surface area contributed by atoms with Gasteiger partial charge in [0.05, 0.1) is 7.11 Å². The van der Waals surface area contributed by atoms with Gasteiger partial charge >= 0.3 is 0 Å². The molecular formula is C18H27N3O4S. The first kappa shape index (κ1) is 19.1. The van der Waals surface area contributed by atoms with Crippen molar-refractivity contribution in [1.82, 2.24) is 9.62 Å². The molecule has 7 nitrogen and oxygen atoms in total. The lowest BCUT2D eigenvalue weighted by Gasteiger charge is -2.19. The van der Waals surface area contributed by atoms with Gasteiger partial charge in [-0.05, 0) is 49.9 Å². The van der Waals surface area contributed by atoms with Crippen LogP contribution in [0, 0.1) is 5.92 Å². The van der Waals surface area contributed by atoms with Gasteiger partial charge in [-0.25, -0.2) is 13.1 Å². The van der Waals surface area contributed by atoms with E-state index in [9.17, 15) is 13.2 Å². The molecule has 0 bridgehead atoms. The first-order valence-electron chi connectivity index (χ1n) is 9.14. The molecule has 1 aromatic carbocycles. The number of likely N-dealkylation sites (tertiary alicyclic amines) is 1. The van der Waals surface area contributed by atoms with E-state index < -0.39 is 10.0 Å². The number of benzene rings is 1. The van der Waals surface area contributed by atoms with Crippen molar-refractivity contribution in [3.63, 3.8) is 0 Å². The van der Waals surface area contributed by atoms with Crippen LogP contribution in [0.1, 0.15) is 42.5 Å². The summed E-state index contributed by atoms with van der Waals surface area (Å²) in [6.07, 6.45) is 4.62. The predicted molar refractivity (Wildman–Crippen MR) is 98.6 cm³/mol. The van der Waals surface area contributed by atoms with Crippen molar-refractivity contribution in [2.75, 3.05) is 26.7 Å². The normalized spacial score (nSPS) is 21.3. The van der Waals surface area contributed by atoms with Crippen molar-refractivity contribution >= 4 is 15.9 Å². The minimum absolute atomic E-state index is 0.0207. The van der Waals surface area contributed by atoms with Crippen molar-refractivity contribution in [3.05, 3.63) is 23.8 Å². The molecule has 2 aliphatic rings. The number of amides is 1. The number of sulfonamides is 1. The number of carbonyl (C=O) groups excluding carboxylic acids is 1. The van der Waals surface area contributed by atoms with E-state index in [0.717, 1.165) is 32.1 Å². The fourth-order valence-electron chi connectivity index (χ4n) is 3.74. The Balaban J connectivity index is 1.85. The number of nitrogens with one attached hydrogen (secondary N) is 1. The minimum atomic E-state index is -3.75. The number of rotatable bonds is 6. The molecule has 144 valence electrons. The molecule has 3 rings (SSSR count). The summed E-state index contributed by atoms with van der Waals surface area (Å²) >= 11 is 0. The van der Waals surface area contributed by atoms with E-state index in [0.29, 0.717) is 31.1 Å². The van der Waals surface area contributed by atoms with E-state index in [1.165, 1.54) is 13.2 Å². The molecule has 1 aliphatic carbocycles. The number of methoxy groups -OCH3 is 1. The Morgan fingerprint density at radius 3 is 2.65 bits per heavy atom. The maximum absolute atomic E-state index is 12.8. The van der Waals surface area contributed by atoms with Crippen molar-refractivity contribution < 1.29 is 17.9 Å². The highest BCUT2D eigenvalue weighted by atomic mass is 32.2. The second-order valence-electron chi connectivity index (χ2n) is 7.11. The maximum atomic E-state index is 12.8. The Hall–Kier alpha value is -1.64. The van der Waals surface area contributed by atoms with Gasteiger partial charge in [-0.1, -0.05) is 12.8 Å². The Kier molecular flexibility index (Phi) is 5.84. The summed E-state index contributed by atoms with van der Waals surface area (Å²) in [6, 6.07) is 4.54. The molecule has 0 spiro atoms. The lowest BCUT2D eigenvalue weighted by Crippen LogP contribution is -2.33. The van der Waals surface area contributed by atoms with Gasteiger partial charge < -0.3 is 15.4 Å². The van der Waals surface area contributed by atoms with Gasteiger partial charge in [0.1, 0.15) is 10.6 Å². The summed E-state index contributed by atoms with van der Waals surface area (Å²) in [7, 11) is -2.32. The van der Waals surface area contributed by atoms with Crippen LogP contribution in [-0.2, 0) is 10.0 Å². The first-order valence-corrected chi connectivity index (χ1v) is 10.6. The van der Waals surface area contributed by atoms with Gasteiger partial charge in [-0.2, -0.15) is 0 Å². The van der Waals surface area contributed by atoms with Crippen LogP contribution in [0.5, 0.6) is 5.75 Å². The zero-order chi connectivity index (χ0) is 18.7. The summed E-state index contributed by atoms with van der Waals surface area (Å²) in [4.78, 5) is 14.5. The quantitative estimate of drug-likeness (QED) is 0.774. The number of hydrogen-bond acceptors (Lipinski definition) is 5. The SMILES string of the molecule is COc1ccc(C(=O)N2CCC(CN)C2)cc1S(=O)(=O)NC1CCCC1. The maximum Gasteiger partial charge on any atom is 0.253 e. The van der Waals surface area contributed by atoms with E-state index in [-0.39, 0.29) is 22.6 Å². The molecule has 1 aromatic rings. The number of ether oxygens (including phenoxy) is 1. The molecule has 0 aromatic heterocycles. The van der Waals surface area contributed by atoms with Crippen molar-refractivity contribution in [3.8, 4) is 5.75 Å². The lowest BCUT2D eigenvalue weighted by atomic mass is 10.1. The van der Waals surface area contributed by atoms with Crippen molar-refractivity contribution in [1.29, 1.82) is 0 Å². The summed E-state index contributed by atoms with van der Waals surface area (Å²) < 4.78 is 33.6. The highest BCUT2D eigenvalue weighted by Crippen LogP contribution is 2.28. The van der Waals surface area contributed by atoms with Crippen LogP contribution in [0.3, 0.4) is 0 Å². The number of carbonyl (C=O) groups is 1. The Bertz CT molecular complexity index is 760. The van der Waals surface area contributed by atoms with Crippen LogP contribution < -0.4 is 15.2 Å². The van der Waals surface area contributed by atoms with Crippen LogP contribution in [-0.4, -0.2) is 52.0 Å². The van der Waals surface area contributed by atoms with Crippen LogP contribution >= 0.6 is 0 Å². The molecule has 0 radical (unpaired) electrons. The van der Waals surface area contributed by atoms with Crippen LogP contribution in [0.15, 0.2) is 23.1 Å². The first-order chi connectivity index (χ1) is 12.4. The number of nitrogens with two attached hydrogens (primary N) is 1. The predicted octanol–water partition coefficient (Wildman–Crippen LogP) is 1.34. The molecule has 1 heterocycles. The van der Waals surface area contributed by atoms with Gasteiger partial charge in [-0.3, -0.25) is 4.79 Å². The van der Waals surface area contributed by atoms with Gasteiger partial charge in [-0.15, -0.1) is 0 Å². The second kappa shape index (κ2) is 7.94. The monoisotopic (exact) mass is 381 g/mol. The zero-order valence-corrected chi connectivity index (χ0v) is 15.9. The van der Waals surface area contributed by atoms with E-state index >= 15 is 0 Å². The molecule has 1 unspecified atom stereocenters. The van der Waals surface area contributed by atoms with Crippen molar-refractivity contribution in [2.24, 2.45) is 11.7 Å². The van der Waals surface area contributed by atoms with E-state index in [1.54, 1.807) is 17.0 Å². The highest BCUT2D eigenvalue weighted by Gasteiger charge is 2.29. The standard InChI is InChI=1S/C18H27N3O4S/c1-25-16-7-6-14(18(22)21-9-8-13(11-19)12-21)10-17(16)26(23,24)20-15-4-2-3-5-15/h6-7,10,13,15,20H,2-5,8-9,11-12,19H2,1H3. The summed E-state index contributed by atoms with van der Waals surface area (Å²) in [5.41, 5.74) is 6.05. The second-order valence-corrected chi connectivity index (χ2v) is 8.79. The topological polar surface area (TPSA) is 102 Å². The lowest BCUT2D eigenvalue weighted by molar-refractivity contribution is 0.0787. The van der Waals surface area contributed by atoms with Crippen molar-refractivity contribution in [2.45, 2.75) is 43.0 Å². The van der Waals surface area contributed by atoms with E-state index in [2.05, 4.69) is 4.72 Å². The molecule has 1 aliphatic heterocycles. The van der Waals surface area contributed by atoms with E-state index in [1.807, 2.05) is 0 Å². The molecule has 2 fully saturated rings. The van der Waals surface area contributed by atoms with Gasteiger partial charge in [0.15, 0.2) is 0 Å². The van der Waals surface area contributed by atoms with Crippen LogP contribution in [0.25, 0.3) is 0 Å². The highest BCUT2D eigenvalue weighted by molar-refractivity contribution is 7.89. The minimum Gasteiger partial charge on any atom is -0.495 e. The Labute approximate surface area is 154 Å². The molecule has 8 heteroatoms. The van der Waals surface area contributed by atoms with Gasteiger partial charge in [0.25, 0.3) is 5.91 Å². The number of hydrogen-bond donors (Lipinski definition) is 2.